The predicted octanol–water partition coefficient (Wildman–Crippen LogP) is 4.65. The predicted molar refractivity (Wildman–Crippen MR) is 127 cm³/mol. The summed E-state index contributed by atoms with van der Waals surface area (Å²) in [6.45, 7) is 2.58. The van der Waals surface area contributed by atoms with Crippen LogP contribution in [0.3, 0.4) is 0 Å². The second kappa shape index (κ2) is 10.9. The molecule has 1 saturated carbocycles. The van der Waals surface area contributed by atoms with Crippen LogP contribution in [0.4, 0.5) is 5.82 Å². The molecule has 2 aliphatic rings. The van der Waals surface area contributed by atoms with E-state index < -0.39 is 0 Å². The van der Waals surface area contributed by atoms with E-state index in [0.29, 0.717) is 22.4 Å². The van der Waals surface area contributed by atoms with Gasteiger partial charge in [-0.2, -0.15) is 0 Å². The van der Waals surface area contributed by atoms with Crippen molar-refractivity contribution in [1.29, 1.82) is 0 Å². The van der Waals surface area contributed by atoms with Crippen molar-refractivity contribution < 1.29 is 9.59 Å². The van der Waals surface area contributed by atoms with Crippen LogP contribution in [-0.4, -0.2) is 40.8 Å². The number of hydrogen-bond acceptors (Lipinski definition) is 4. The quantitative estimate of drug-likeness (QED) is 0.666. The lowest BCUT2D eigenvalue weighted by atomic mass is 9.92. The highest BCUT2D eigenvalue weighted by atomic mass is 35.5. The molecule has 2 heterocycles. The Bertz CT molecular complexity index is 920. The number of amides is 2. The number of benzene rings is 1. The summed E-state index contributed by atoms with van der Waals surface area (Å²) < 4.78 is 0. The molecule has 2 amide bonds. The van der Waals surface area contributed by atoms with Crippen LogP contribution in [0.15, 0.2) is 42.6 Å². The summed E-state index contributed by atoms with van der Waals surface area (Å²) in [5, 5.41) is 6.73. The molecule has 0 spiro atoms. The summed E-state index contributed by atoms with van der Waals surface area (Å²) >= 11 is 5.89. The van der Waals surface area contributed by atoms with E-state index >= 15 is 0 Å². The van der Waals surface area contributed by atoms with Gasteiger partial charge in [0.25, 0.3) is 5.91 Å². The number of aromatic nitrogens is 1. The van der Waals surface area contributed by atoms with E-state index in [1.54, 1.807) is 30.5 Å². The van der Waals surface area contributed by atoms with Gasteiger partial charge in [0, 0.05) is 35.3 Å². The number of hydrogen-bond donors (Lipinski definition) is 2. The van der Waals surface area contributed by atoms with Crippen molar-refractivity contribution in [1.82, 2.24) is 15.2 Å². The Morgan fingerprint density at radius 1 is 1.00 bits per heavy atom. The van der Waals surface area contributed by atoms with Gasteiger partial charge in [-0.15, -0.1) is 0 Å². The van der Waals surface area contributed by atoms with Crippen LogP contribution in [0.5, 0.6) is 0 Å². The standard InChI is InChI=1S/C25H31ClN4O2/c26-21-8-6-19(7-9-21)25(32)29-23-16-18(10-13-27-23)17-30-14-11-20(12-15-30)24(31)28-22-4-2-1-3-5-22/h6-10,13,16,20,22H,1-5,11-12,14-15,17H2,(H,28,31)(H,27,29,32). The number of anilines is 1. The number of halogens is 1. The molecule has 2 N–H and O–H groups in total. The third kappa shape index (κ3) is 6.30. The first-order valence-corrected chi connectivity index (χ1v) is 12.0. The number of carbonyl (C=O) groups is 2. The molecule has 170 valence electrons. The monoisotopic (exact) mass is 454 g/mol. The van der Waals surface area contributed by atoms with Gasteiger partial charge in [0.15, 0.2) is 0 Å². The van der Waals surface area contributed by atoms with Gasteiger partial charge in [0.1, 0.15) is 5.82 Å². The van der Waals surface area contributed by atoms with Gasteiger partial charge in [0.2, 0.25) is 5.91 Å². The lowest BCUT2D eigenvalue weighted by Gasteiger charge is -2.32. The molecule has 7 heteroatoms. The Hall–Kier alpha value is -2.44. The fourth-order valence-electron chi connectivity index (χ4n) is 4.61. The summed E-state index contributed by atoms with van der Waals surface area (Å²) in [7, 11) is 0. The molecular weight excluding hydrogens is 424 g/mol. The third-order valence-corrected chi connectivity index (χ3v) is 6.74. The summed E-state index contributed by atoms with van der Waals surface area (Å²) in [5.74, 6) is 0.688. The Morgan fingerprint density at radius 2 is 1.72 bits per heavy atom. The smallest absolute Gasteiger partial charge is 0.256 e. The molecule has 2 fully saturated rings. The molecule has 1 aliphatic heterocycles. The fourth-order valence-corrected chi connectivity index (χ4v) is 4.73. The Kier molecular flexibility index (Phi) is 7.76. The SMILES string of the molecule is O=C(Nc1cc(CN2CCC(C(=O)NC3CCCCC3)CC2)ccn1)c1ccc(Cl)cc1. The molecule has 1 aliphatic carbocycles. The van der Waals surface area contributed by atoms with Crippen LogP contribution in [-0.2, 0) is 11.3 Å². The minimum atomic E-state index is -0.212. The topological polar surface area (TPSA) is 74.3 Å². The van der Waals surface area contributed by atoms with Crippen molar-refractivity contribution in [2.24, 2.45) is 5.92 Å². The third-order valence-electron chi connectivity index (χ3n) is 6.49. The van der Waals surface area contributed by atoms with Crippen LogP contribution < -0.4 is 10.6 Å². The molecule has 32 heavy (non-hydrogen) atoms. The number of pyridine rings is 1. The highest BCUT2D eigenvalue weighted by molar-refractivity contribution is 6.30. The molecule has 1 aromatic carbocycles. The molecule has 0 atom stereocenters. The van der Waals surface area contributed by atoms with Gasteiger partial charge < -0.3 is 10.6 Å². The van der Waals surface area contributed by atoms with Gasteiger partial charge in [-0.25, -0.2) is 4.98 Å². The summed E-state index contributed by atoms with van der Waals surface area (Å²) in [4.78, 5) is 31.7. The molecular formula is C25H31ClN4O2. The average Bonchev–Trinajstić information content (AvgIpc) is 2.81. The van der Waals surface area contributed by atoms with E-state index in [2.05, 4.69) is 20.5 Å². The maximum Gasteiger partial charge on any atom is 0.256 e. The second-order valence-electron chi connectivity index (χ2n) is 8.90. The second-order valence-corrected chi connectivity index (χ2v) is 9.34. The summed E-state index contributed by atoms with van der Waals surface area (Å²) in [5.41, 5.74) is 1.63. The number of piperidine rings is 1. The fraction of sp³-hybridized carbons (Fsp3) is 0.480. The number of likely N-dealkylation sites (tertiary alicyclic amines) is 1. The van der Waals surface area contributed by atoms with Gasteiger partial charge >= 0.3 is 0 Å². The van der Waals surface area contributed by atoms with Crippen LogP contribution in [0.25, 0.3) is 0 Å². The van der Waals surface area contributed by atoms with E-state index in [4.69, 9.17) is 11.6 Å². The summed E-state index contributed by atoms with van der Waals surface area (Å²) in [6, 6.07) is 11.0. The van der Waals surface area contributed by atoms with Gasteiger partial charge in [0.05, 0.1) is 0 Å². The molecule has 2 aromatic rings. The molecule has 4 rings (SSSR count). The first-order chi connectivity index (χ1) is 15.6. The van der Waals surface area contributed by atoms with Crippen molar-refractivity contribution in [3.8, 4) is 0 Å². The molecule has 0 bridgehead atoms. The number of rotatable bonds is 6. The first kappa shape index (κ1) is 22.7. The number of nitrogens with zero attached hydrogens (tertiary/aromatic N) is 2. The van der Waals surface area contributed by atoms with Crippen LogP contribution >= 0.6 is 11.6 Å². The van der Waals surface area contributed by atoms with E-state index in [1.165, 1.54) is 19.3 Å². The zero-order valence-electron chi connectivity index (χ0n) is 18.4. The molecule has 0 unspecified atom stereocenters. The van der Waals surface area contributed by atoms with E-state index in [1.807, 2.05) is 12.1 Å². The van der Waals surface area contributed by atoms with E-state index in [9.17, 15) is 9.59 Å². The minimum absolute atomic E-state index is 0.125. The maximum atomic E-state index is 12.6. The zero-order valence-corrected chi connectivity index (χ0v) is 19.1. The van der Waals surface area contributed by atoms with E-state index in [-0.39, 0.29) is 17.7 Å². The largest absolute Gasteiger partial charge is 0.353 e. The van der Waals surface area contributed by atoms with Crippen molar-refractivity contribution in [2.45, 2.75) is 57.5 Å². The van der Waals surface area contributed by atoms with Crippen LogP contribution in [0.2, 0.25) is 5.02 Å². The number of carbonyl (C=O) groups excluding carboxylic acids is 2. The normalized spacial score (nSPS) is 18.3. The van der Waals surface area contributed by atoms with Crippen molar-refractivity contribution in [2.75, 3.05) is 18.4 Å². The van der Waals surface area contributed by atoms with Crippen molar-refractivity contribution in [3.63, 3.8) is 0 Å². The minimum Gasteiger partial charge on any atom is -0.353 e. The zero-order chi connectivity index (χ0) is 22.3. The highest BCUT2D eigenvalue weighted by Crippen LogP contribution is 2.22. The molecule has 1 aromatic heterocycles. The van der Waals surface area contributed by atoms with Crippen molar-refractivity contribution in [3.05, 3.63) is 58.7 Å². The first-order valence-electron chi connectivity index (χ1n) is 11.6. The lowest BCUT2D eigenvalue weighted by Crippen LogP contribution is -2.44. The van der Waals surface area contributed by atoms with Gasteiger partial charge in [-0.1, -0.05) is 30.9 Å². The molecule has 1 saturated heterocycles. The lowest BCUT2D eigenvalue weighted by molar-refractivity contribution is -0.127. The number of nitrogens with one attached hydrogen (secondary N) is 2. The Morgan fingerprint density at radius 3 is 2.44 bits per heavy atom. The maximum absolute atomic E-state index is 12.6. The van der Waals surface area contributed by atoms with Crippen molar-refractivity contribution >= 4 is 29.2 Å². The Labute approximate surface area is 194 Å². The van der Waals surface area contributed by atoms with Crippen LogP contribution in [0.1, 0.15) is 60.9 Å². The van der Waals surface area contributed by atoms with Crippen LogP contribution in [0, 0.1) is 5.92 Å². The molecule has 0 radical (unpaired) electrons. The van der Waals surface area contributed by atoms with Gasteiger partial charge in [-0.3, -0.25) is 14.5 Å². The van der Waals surface area contributed by atoms with E-state index in [0.717, 1.165) is 50.9 Å². The average molecular weight is 455 g/mol. The molecule has 6 nitrogen and oxygen atoms in total. The Balaban J connectivity index is 1.25. The summed E-state index contributed by atoms with van der Waals surface area (Å²) in [6.07, 6.45) is 9.53. The highest BCUT2D eigenvalue weighted by Gasteiger charge is 2.27. The van der Waals surface area contributed by atoms with Gasteiger partial charge in [-0.05, 0) is 80.7 Å².